The van der Waals surface area contributed by atoms with Gasteiger partial charge in [-0.25, -0.2) is 13.8 Å². The summed E-state index contributed by atoms with van der Waals surface area (Å²) in [4.78, 5) is 3.48. The number of nitrogens with zero attached hydrogens (tertiary/aromatic N) is 1. The number of nitrogens with one attached hydrogen (secondary N) is 1. The topological polar surface area (TPSA) is 71.2 Å². The number of aliphatic hydroxyl groups excluding tert-OH is 1. The molecule has 0 saturated carbocycles. The lowest BCUT2D eigenvalue weighted by Gasteiger charge is -2.11. The average molecular weight is 217 g/mol. The smallest absolute Gasteiger partial charge is 0.168 e. The number of nitrogens with two attached hydrogens (primary N) is 1. The van der Waals surface area contributed by atoms with E-state index in [9.17, 15) is 13.9 Å². The molecule has 1 unspecified atom stereocenters. The van der Waals surface area contributed by atoms with Gasteiger partial charge in [0.15, 0.2) is 23.3 Å². The predicted octanol–water partition coefficient (Wildman–Crippen LogP) is 1.12. The first-order chi connectivity index (χ1) is 7.04. The Hall–Kier alpha value is -1.43. The SMILES string of the molecule is CCC(O)CNc1nc(N)c(F)cc1F. The Morgan fingerprint density at radius 2 is 2.20 bits per heavy atom. The molecule has 1 rings (SSSR count). The molecule has 0 saturated heterocycles. The van der Waals surface area contributed by atoms with Crippen molar-refractivity contribution in [3.05, 3.63) is 17.7 Å². The van der Waals surface area contributed by atoms with Gasteiger partial charge in [-0.1, -0.05) is 6.92 Å². The van der Waals surface area contributed by atoms with Crippen LogP contribution in [0.3, 0.4) is 0 Å². The number of aliphatic hydroxyl groups is 1. The molecule has 0 fully saturated rings. The summed E-state index contributed by atoms with van der Waals surface area (Å²) in [5.41, 5.74) is 5.17. The third-order valence-corrected chi connectivity index (χ3v) is 1.93. The molecule has 4 N–H and O–H groups in total. The second-order valence-corrected chi connectivity index (χ2v) is 3.13. The van der Waals surface area contributed by atoms with Crippen LogP contribution < -0.4 is 11.1 Å². The van der Waals surface area contributed by atoms with Crippen molar-refractivity contribution in [1.82, 2.24) is 4.98 Å². The van der Waals surface area contributed by atoms with Crippen LogP contribution >= 0.6 is 0 Å². The lowest BCUT2D eigenvalue weighted by atomic mass is 10.3. The molecule has 84 valence electrons. The fourth-order valence-electron chi connectivity index (χ4n) is 0.964. The number of aromatic nitrogens is 1. The number of pyridine rings is 1. The normalized spacial score (nSPS) is 12.5. The molecule has 0 bridgehead atoms. The number of anilines is 2. The van der Waals surface area contributed by atoms with E-state index in [-0.39, 0.29) is 18.2 Å². The molecule has 0 aromatic carbocycles. The molecule has 0 aliphatic rings. The Bertz CT molecular complexity index is 346. The Labute approximate surface area is 86.1 Å². The maximum Gasteiger partial charge on any atom is 0.168 e. The van der Waals surface area contributed by atoms with Crippen LogP contribution in [0.5, 0.6) is 0 Å². The van der Waals surface area contributed by atoms with Gasteiger partial charge in [0.25, 0.3) is 0 Å². The maximum absolute atomic E-state index is 13.1. The van der Waals surface area contributed by atoms with Crippen LogP contribution in [0.4, 0.5) is 20.4 Å². The molecule has 1 heterocycles. The molecule has 0 radical (unpaired) electrons. The fourth-order valence-corrected chi connectivity index (χ4v) is 0.964. The van der Waals surface area contributed by atoms with Crippen LogP contribution in [0.1, 0.15) is 13.3 Å². The zero-order valence-electron chi connectivity index (χ0n) is 8.30. The first-order valence-corrected chi connectivity index (χ1v) is 4.58. The summed E-state index contributed by atoms with van der Waals surface area (Å²) < 4.78 is 25.8. The van der Waals surface area contributed by atoms with Crippen molar-refractivity contribution in [2.75, 3.05) is 17.6 Å². The van der Waals surface area contributed by atoms with Crippen molar-refractivity contribution < 1.29 is 13.9 Å². The second-order valence-electron chi connectivity index (χ2n) is 3.13. The maximum atomic E-state index is 13.1. The summed E-state index contributed by atoms with van der Waals surface area (Å²) in [6.45, 7) is 1.93. The quantitative estimate of drug-likeness (QED) is 0.706. The Balaban J connectivity index is 2.73. The summed E-state index contributed by atoms with van der Waals surface area (Å²) in [7, 11) is 0. The molecule has 6 heteroatoms. The lowest BCUT2D eigenvalue weighted by molar-refractivity contribution is 0.183. The highest BCUT2D eigenvalue weighted by Crippen LogP contribution is 2.16. The van der Waals surface area contributed by atoms with Gasteiger partial charge in [0, 0.05) is 12.6 Å². The summed E-state index contributed by atoms with van der Waals surface area (Å²) in [5.74, 6) is -2.25. The standard InChI is InChI=1S/C9H13F2N3O/c1-2-5(15)4-13-9-7(11)3-6(10)8(12)14-9/h3,5,15H,2,4H2,1H3,(H3,12,13,14). The summed E-state index contributed by atoms with van der Waals surface area (Å²) in [5, 5.41) is 11.8. The van der Waals surface area contributed by atoms with Gasteiger partial charge in [-0.05, 0) is 6.42 Å². The minimum Gasteiger partial charge on any atom is -0.391 e. The van der Waals surface area contributed by atoms with E-state index in [1.54, 1.807) is 6.92 Å². The molecule has 1 atom stereocenters. The van der Waals surface area contributed by atoms with E-state index in [0.717, 1.165) is 0 Å². The first-order valence-electron chi connectivity index (χ1n) is 4.58. The third kappa shape index (κ3) is 3.02. The van der Waals surface area contributed by atoms with Crippen molar-refractivity contribution in [1.29, 1.82) is 0 Å². The third-order valence-electron chi connectivity index (χ3n) is 1.93. The highest BCUT2D eigenvalue weighted by molar-refractivity contribution is 5.44. The van der Waals surface area contributed by atoms with Crippen LogP contribution in [-0.2, 0) is 0 Å². The average Bonchev–Trinajstić information content (AvgIpc) is 2.21. The highest BCUT2D eigenvalue weighted by atomic mass is 19.1. The van der Waals surface area contributed by atoms with Gasteiger partial charge in [0.1, 0.15) is 0 Å². The summed E-state index contributed by atoms with van der Waals surface area (Å²) in [6, 6.07) is 0.656. The Morgan fingerprint density at radius 1 is 1.53 bits per heavy atom. The van der Waals surface area contributed by atoms with Crippen molar-refractivity contribution >= 4 is 11.6 Å². The number of hydrogen-bond acceptors (Lipinski definition) is 4. The summed E-state index contributed by atoms with van der Waals surface area (Å²) in [6.07, 6.45) is -0.0665. The number of halogens is 2. The zero-order chi connectivity index (χ0) is 11.4. The van der Waals surface area contributed by atoms with E-state index in [4.69, 9.17) is 5.73 Å². The van der Waals surface area contributed by atoms with Crippen LogP contribution in [-0.4, -0.2) is 22.7 Å². The number of hydrogen-bond donors (Lipinski definition) is 3. The largest absolute Gasteiger partial charge is 0.391 e. The monoisotopic (exact) mass is 217 g/mol. The molecular formula is C9H13F2N3O. The molecule has 0 aliphatic carbocycles. The van der Waals surface area contributed by atoms with Crippen molar-refractivity contribution in [3.63, 3.8) is 0 Å². The van der Waals surface area contributed by atoms with Crippen LogP contribution in [0, 0.1) is 11.6 Å². The van der Waals surface area contributed by atoms with E-state index in [1.165, 1.54) is 0 Å². The van der Waals surface area contributed by atoms with Gasteiger partial charge in [0.05, 0.1) is 6.10 Å². The molecule has 0 spiro atoms. The van der Waals surface area contributed by atoms with E-state index in [2.05, 4.69) is 10.3 Å². The minimum atomic E-state index is -0.894. The van der Waals surface area contributed by atoms with Crippen molar-refractivity contribution in [2.24, 2.45) is 0 Å². The van der Waals surface area contributed by atoms with Crippen molar-refractivity contribution in [2.45, 2.75) is 19.4 Å². The Morgan fingerprint density at radius 3 is 2.80 bits per heavy atom. The van der Waals surface area contributed by atoms with Gasteiger partial charge in [-0.3, -0.25) is 0 Å². The minimum absolute atomic E-state index is 0.144. The van der Waals surface area contributed by atoms with Gasteiger partial charge in [0.2, 0.25) is 0 Å². The molecule has 1 aromatic rings. The predicted molar refractivity (Wildman–Crippen MR) is 53.4 cm³/mol. The Kier molecular flexibility index (Phi) is 3.79. The van der Waals surface area contributed by atoms with Crippen LogP contribution in [0.25, 0.3) is 0 Å². The molecule has 15 heavy (non-hydrogen) atoms. The zero-order valence-corrected chi connectivity index (χ0v) is 8.30. The van der Waals surface area contributed by atoms with Gasteiger partial charge in [-0.2, -0.15) is 0 Å². The molecule has 1 aromatic heterocycles. The fraction of sp³-hybridized carbons (Fsp3) is 0.444. The first kappa shape index (κ1) is 11.6. The molecule has 0 amide bonds. The van der Waals surface area contributed by atoms with E-state index >= 15 is 0 Å². The van der Waals surface area contributed by atoms with E-state index < -0.39 is 17.7 Å². The van der Waals surface area contributed by atoms with Gasteiger partial charge >= 0.3 is 0 Å². The van der Waals surface area contributed by atoms with Crippen LogP contribution in [0.2, 0.25) is 0 Å². The van der Waals surface area contributed by atoms with E-state index in [0.29, 0.717) is 12.5 Å². The van der Waals surface area contributed by atoms with E-state index in [1.807, 2.05) is 0 Å². The molecular weight excluding hydrogens is 204 g/mol. The van der Waals surface area contributed by atoms with Crippen LogP contribution in [0.15, 0.2) is 6.07 Å². The summed E-state index contributed by atoms with van der Waals surface area (Å²) >= 11 is 0. The molecule has 4 nitrogen and oxygen atoms in total. The number of nitrogen functional groups attached to an aromatic ring is 1. The van der Waals surface area contributed by atoms with Gasteiger partial charge in [-0.15, -0.1) is 0 Å². The second kappa shape index (κ2) is 4.88. The molecule has 0 aliphatic heterocycles. The van der Waals surface area contributed by atoms with Gasteiger partial charge < -0.3 is 16.2 Å². The lowest BCUT2D eigenvalue weighted by Crippen LogP contribution is -2.19. The number of rotatable bonds is 4. The highest BCUT2D eigenvalue weighted by Gasteiger charge is 2.10. The van der Waals surface area contributed by atoms with Crippen molar-refractivity contribution in [3.8, 4) is 0 Å².